The molecule has 130 valence electrons. The number of ether oxygens (including phenoxy) is 1. The van der Waals surface area contributed by atoms with Crippen LogP contribution < -0.4 is 4.72 Å². The van der Waals surface area contributed by atoms with Crippen LogP contribution in [0.5, 0.6) is 0 Å². The second-order valence-corrected chi connectivity index (χ2v) is 8.11. The van der Waals surface area contributed by atoms with Crippen LogP contribution >= 0.6 is 23.2 Å². The predicted octanol–water partition coefficient (Wildman–Crippen LogP) is 3.56. The van der Waals surface area contributed by atoms with Crippen LogP contribution in [0.25, 0.3) is 0 Å². The highest BCUT2D eigenvalue weighted by molar-refractivity contribution is 7.92. The van der Waals surface area contributed by atoms with Gasteiger partial charge in [-0.3, -0.25) is 9.40 Å². The van der Waals surface area contributed by atoms with Gasteiger partial charge in [-0.2, -0.15) is 5.10 Å². The Morgan fingerprint density at radius 1 is 1.33 bits per heavy atom. The molecule has 0 saturated carbocycles. The highest BCUT2D eigenvalue weighted by atomic mass is 35.5. The van der Waals surface area contributed by atoms with Gasteiger partial charge in [-0.15, -0.1) is 0 Å². The minimum absolute atomic E-state index is 0.0694. The molecule has 0 bridgehead atoms. The molecule has 1 fully saturated rings. The Balaban J connectivity index is 1.72. The van der Waals surface area contributed by atoms with E-state index < -0.39 is 10.0 Å². The number of hydrogen-bond acceptors (Lipinski definition) is 4. The Hall–Kier alpha value is -1.28. The lowest BCUT2D eigenvalue weighted by Gasteiger charge is -2.22. The molecule has 2 heterocycles. The summed E-state index contributed by atoms with van der Waals surface area (Å²) in [4.78, 5) is -0.0694. The molecule has 0 amide bonds. The van der Waals surface area contributed by atoms with E-state index in [9.17, 15) is 8.42 Å². The van der Waals surface area contributed by atoms with Crippen LogP contribution in [0.2, 0.25) is 10.0 Å². The third-order valence-electron chi connectivity index (χ3n) is 3.73. The summed E-state index contributed by atoms with van der Waals surface area (Å²) in [5, 5.41) is 4.58. The lowest BCUT2D eigenvalue weighted by Crippen LogP contribution is -2.24. The number of hydrogen-bond donors (Lipinski definition) is 1. The van der Waals surface area contributed by atoms with Gasteiger partial charge in [0.05, 0.1) is 29.6 Å². The maximum atomic E-state index is 12.5. The van der Waals surface area contributed by atoms with Gasteiger partial charge < -0.3 is 4.74 Å². The van der Waals surface area contributed by atoms with Crippen molar-refractivity contribution in [2.75, 3.05) is 11.3 Å². The van der Waals surface area contributed by atoms with Crippen molar-refractivity contribution in [3.63, 3.8) is 0 Å². The maximum Gasteiger partial charge on any atom is 0.263 e. The van der Waals surface area contributed by atoms with Crippen molar-refractivity contribution in [3.05, 3.63) is 40.6 Å². The van der Waals surface area contributed by atoms with E-state index >= 15 is 0 Å². The van der Waals surface area contributed by atoms with Crippen LogP contribution in [0.3, 0.4) is 0 Å². The Morgan fingerprint density at radius 2 is 2.17 bits per heavy atom. The van der Waals surface area contributed by atoms with E-state index in [1.54, 1.807) is 10.9 Å². The summed E-state index contributed by atoms with van der Waals surface area (Å²) in [6, 6.07) is 4.29. The number of benzene rings is 1. The second kappa shape index (κ2) is 7.31. The second-order valence-electron chi connectivity index (χ2n) is 5.62. The molecular weight excluding hydrogens is 373 g/mol. The van der Waals surface area contributed by atoms with E-state index in [-0.39, 0.29) is 16.0 Å². The van der Waals surface area contributed by atoms with Crippen molar-refractivity contribution in [2.45, 2.75) is 36.8 Å². The van der Waals surface area contributed by atoms with Crippen molar-refractivity contribution in [3.8, 4) is 0 Å². The van der Waals surface area contributed by atoms with Crippen LogP contribution in [0.1, 0.15) is 19.3 Å². The summed E-state index contributed by atoms with van der Waals surface area (Å²) < 4.78 is 34.7. The van der Waals surface area contributed by atoms with E-state index in [0.717, 1.165) is 25.9 Å². The van der Waals surface area contributed by atoms with Gasteiger partial charge in [-0.1, -0.05) is 23.2 Å². The molecule has 1 unspecified atom stereocenters. The summed E-state index contributed by atoms with van der Waals surface area (Å²) in [6.45, 7) is 1.36. The molecule has 1 aliphatic rings. The van der Waals surface area contributed by atoms with Gasteiger partial charge in [0.2, 0.25) is 0 Å². The quantitative estimate of drug-likeness (QED) is 0.847. The van der Waals surface area contributed by atoms with Gasteiger partial charge in [0.1, 0.15) is 4.90 Å². The van der Waals surface area contributed by atoms with E-state index in [1.165, 1.54) is 24.4 Å². The zero-order valence-electron chi connectivity index (χ0n) is 12.8. The van der Waals surface area contributed by atoms with Crippen LogP contribution in [-0.2, 0) is 21.3 Å². The number of aromatic nitrogens is 2. The van der Waals surface area contributed by atoms with Crippen LogP contribution in [0.4, 0.5) is 5.69 Å². The molecule has 0 aliphatic carbocycles. The van der Waals surface area contributed by atoms with Gasteiger partial charge in [-0.05, 0) is 37.5 Å². The molecule has 1 aromatic carbocycles. The number of sulfonamides is 1. The minimum atomic E-state index is -3.84. The first-order valence-corrected chi connectivity index (χ1v) is 9.80. The molecule has 0 spiro atoms. The molecule has 1 N–H and O–H groups in total. The standard InChI is InChI=1S/C15H17Cl2N3O3S/c16-11-4-5-14(17)15(7-11)24(21,22)19-12-8-18-20(9-12)10-13-3-1-2-6-23-13/h4-5,7-9,13,19H,1-3,6,10H2. The summed E-state index contributed by atoms with van der Waals surface area (Å²) >= 11 is 11.8. The van der Waals surface area contributed by atoms with Crippen LogP contribution in [-0.4, -0.2) is 30.9 Å². The molecule has 1 saturated heterocycles. The molecular formula is C15H17Cl2N3O3S. The molecule has 0 radical (unpaired) electrons. The molecule has 1 aromatic heterocycles. The maximum absolute atomic E-state index is 12.5. The van der Waals surface area contributed by atoms with E-state index in [2.05, 4.69) is 9.82 Å². The van der Waals surface area contributed by atoms with E-state index in [1.807, 2.05) is 0 Å². The van der Waals surface area contributed by atoms with Crippen molar-refractivity contribution < 1.29 is 13.2 Å². The summed E-state index contributed by atoms with van der Waals surface area (Å²) in [7, 11) is -3.84. The zero-order valence-corrected chi connectivity index (χ0v) is 15.1. The fourth-order valence-electron chi connectivity index (χ4n) is 2.57. The first kappa shape index (κ1) is 17.5. The van der Waals surface area contributed by atoms with E-state index in [0.29, 0.717) is 17.3 Å². The highest BCUT2D eigenvalue weighted by Crippen LogP contribution is 2.26. The summed E-state index contributed by atoms with van der Waals surface area (Å²) in [6.07, 6.45) is 6.41. The lowest BCUT2D eigenvalue weighted by molar-refractivity contribution is 0.00401. The third kappa shape index (κ3) is 4.22. The van der Waals surface area contributed by atoms with Crippen molar-refractivity contribution in [1.29, 1.82) is 0 Å². The topological polar surface area (TPSA) is 73.2 Å². The van der Waals surface area contributed by atoms with Gasteiger partial charge in [0.25, 0.3) is 10.0 Å². The SMILES string of the molecule is O=S(=O)(Nc1cnn(CC2CCCCO2)c1)c1cc(Cl)ccc1Cl. The average molecular weight is 390 g/mol. The largest absolute Gasteiger partial charge is 0.376 e. The number of halogens is 2. The summed E-state index contributed by atoms with van der Waals surface area (Å²) in [5.74, 6) is 0. The molecule has 9 heteroatoms. The molecule has 1 atom stereocenters. The van der Waals surface area contributed by atoms with Crippen LogP contribution in [0, 0.1) is 0 Å². The first-order chi connectivity index (χ1) is 11.4. The Morgan fingerprint density at radius 3 is 2.92 bits per heavy atom. The molecule has 2 aromatic rings. The summed E-state index contributed by atoms with van der Waals surface area (Å²) in [5.41, 5.74) is 0.363. The monoisotopic (exact) mass is 389 g/mol. The smallest absolute Gasteiger partial charge is 0.263 e. The molecule has 3 rings (SSSR count). The number of nitrogens with zero attached hydrogens (tertiary/aromatic N) is 2. The van der Waals surface area contributed by atoms with Gasteiger partial charge in [-0.25, -0.2) is 8.42 Å². The molecule has 6 nitrogen and oxygen atoms in total. The number of anilines is 1. The van der Waals surface area contributed by atoms with Gasteiger partial charge in [0, 0.05) is 17.8 Å². The van der Waals surface area contributed by atoms with Crippen molar-refractivity contribution in [1.82, 2.24) is 9.78 Å². The van der Waals surface area contributed by atoms with Crippen LogP contribution in [0.15, 0.2) is 35.5 Å². The van der Waals surface area contributed by atoms with Gasteiger partial charge >= 0.3 is 0 Å². The fraction of sp³-hybridized carbons (Fsp3) is 0.400. The fourth-order valence-corrected chi connectivity index (χ4v) is 4.36. The lowest BCUT2D eigenvalue weighted by atomic mass is 10.1. The predicted molar refractivity (Wildman–Crippen MR) is 93.1 cm³/mol. The normalized spacial score (nSPS) is 18.5. The Kier molecular flexibility index (Phi) is 5.34. The molecule has 1 aliphatic heterocycles. The van der Waals surface area contributed by atoms with E-state index in [4.69, 9.17) is 27.9 Å². The first-order valence-electron chi connectivity index (χ1n) is 7.56. The average Bonchev–Trinajstić information content (AvgIpc) is 2.97. The van der Waals surface area contributed by atoms with Crippen molar-refractivity contribution >= 4 is 38.9 Å². The number of nitrogens with one attached hydrogen (secondary N) is 1. The molecule has 24 heavy (non-hydrogen) atoms. The third-order valence-corrected chi connectivity index (χ3v) is 5.83. The highest BCUT2D eigenvalue weighted by Gasteiger charge is 2.20. The minimum Gasteiger partial charge on any atom is -0.376 e. The van der Waals surface area contributed by atoms with Crippen molar-refractivity contribution in [2.24, 2.45) is 0 Å². The Labute approximate surface area is 150 Å². The zero-order chi connectivity index (χ0) is 17.2. The number of rotatable bonds is 5. The van der Waals surface area contributed by atoms with Gasteiger partial charge in [0.15, 0.2) is 0 Å². The Bertz CT molecular complexity index is 817.